The van der Waals surface area contributed by atoms with Gasteiger partial charge in [-0.25, -0.2) is 0 Å². The minimum atomic E-state index is -0.191. The Balaban J connectivity index is 1.55. The summed E-state index contributed by atoms with van der Waals surface area (Å²) in [4.78, 5) is 12.1. The number of aromatic nitrogens is 2. The van der Waals surface area contributed by atoms with Crippen LogP contribution in [0.4, 0.5) is 0 Å². The molecule has 3 rings (SSSR count). The van der Waals surface area contributed by atoms with Crippen LogP contribution >= 0.6 is 11.3 Å². The van der Waals surface area contributed by atoms with Crippen molar-refractivity contribution in [1.29, 1.82) is 0 Å². The minimum Gasteiger partial charge on any atom is -0.493 e. The second kappa shape index (κ2) is 9.79. The number of carbonyl (C=O) groups is 1. The normalized spacial score (nSPS) is 10.9. The lowest BCUT2D eigenvalue weighted by Gasteiger charge is -2.12. The molecule has 1 N–H and O–H groups in total. The number of methoxy groups -OCH3 is 3. The van der Waals surface area contributed by atoms with Gasteiger partial charge in [-0.2, -0.15) is 16.4 Å². The summed E-state index contributed by atoms with van der Waals surface area (Å²) in [5, 5.41) is 11.4. The van der Waals surface area contributed by atoms with Gasteiger partial charge in [0.1, 0.15) is 0 Å². The molecule has 0 unspecified atom stereocenters. The Bertz CT molecular complexity index is 955. The van der Waals surface area contributed by atoms with Crippen LogP contribution in [0.1, 0.15) is 5.56 Å². The molecule has 29 heavy (non-hydrogen) atoms. The van der Waals surface area contributed by atoms with Gasteiger partial charge in [0.25, 0.3) is 0 Å². The van der Waals surface area contributed by atoms with Crippen molar-refractivity contribution in [1.82, 2.24) is 15.1 Å². The van der Waals surface area contributed by atoms with Gasteiger partial charge >= 0.3 is 0 Å². The quantitative estimate of drug-likeness (QED) is 0.544. The third kappa shape index (κ3) is 5.17. The van der Waals surface area contributed by atoms with Gasteiger partial charge in [-0.05, 0) is 41.3 Å². The van der Waals surface area contributed by atoms with Crippen LogP contribution < -0.4 is 19.5 Å². The summed E-state index contributed by atoms with van der Waals surface area (Å²) in [5.74, 6) is 1.39. The Morgan fingerprint density at radius 3 is 2.55 bits per heavy atom. The summed E-state index contributed by atoms with van der Waals surface area (Å²) in [5.41, 5.74) is 2.80. The highest BCUT2D eigenvalue weighted by Gasteiger charge is 2.12. The van der Waals surface area contributed by atoms with Crippen LogP contribution in [0.3, 0.4) is 0 Å². The topological polar surface area (TPSA) is 74.6 Å². The van der Waals surface area contributed by atoms with Gasteiger partial charge in [0.2, 0.25) is 11.7 Å². The average molecular weight is 413 g/mol. The molecule has 0 aliphatic rings. The fourth-order valence-corrected chi connectivity index (χ4v) is 3.42. The van der Waals surface area contributed by atoms with Crippen LogP contribution in [0, 0.1) is 0 Å². The second-order valence-electron chi connectivity index (χ2n) is 6.06. The highest BCUT2D eigenvalue weighted by Crippen LogP contribution is 2.38. The number of thiophene rings is 1. The number of carbonyl (C=O) groups excluding carboxylic acids is 1. The number of benzene rings is 1. The fourth-order valence-electron chi connectivity index (χ4n) is 2.77. The maximum Gasteiger partial charge on any atom is 0.244 e. The lowest BCUT2D eigenvalue weighted by atomic mass is 10.1. The van der Waals surface area contributed by atoms with Gasteiger partial charge in [0.15, 0.2) is 11.5 Å². The van der Waals surface area contributed by atoms with Crippen molar-refractivity contribution in [3.63, 3.8) is 0 Å². The van der Waals surface area contributed by atoms with Crippen LogP contribution in [-0.4, -0.2) is 43.6 Å². The Morgan fingerprint density at radius 2 is 1.93 bits per heavy atom. The summed E-state index contributed by atoms with van der Waals surface area (Å²) >= 11 is 1.64. The second-order valence-corrected chi connectivity index (χ2v) is 6.84. The average Bonchev–Trinajstić information content (AvgIpc) is 3.43. The van der Waals surface area contributed by atoms with Crippen LogP contribution in [0.5, 0.6) is 17.2 Å². The molecule has 0 saturated carbocycles. The summed E-state index contributed by atoms with van der Waals surface area (Å²) in [6.45, 7) is 1.07. The SMILES string of the molecule is COc1cc(/C=C/C(=O)NCCn2ccc(-c3ccsc3)n2)cc(OC)c1OC. The number of hydrogen-bond acceptors (Lipinski definition) is 6. The molecule has 2 aromatic heterocycles. The molecule has 3 aromatic rings. The fraction of sp³-hybridized carbons (Fsp3) is 0.238. The smallest absolute Gasteiger partial charge is 0.244 e. The van der Waals surface area contributed by atoms with Crippen LogP contribution in [0.15, 0.2) is 47.3 Å². The molecule has 7 nitrogen and oxygen atoms in total. The highest BCUT2D eigenvalue weighted by molar-refractivity contribution is 7.08. The van der Waals surface area contributed by atoms with Gasteiger partial charge in [0, 0.05) is 29.8 Å². The summed E-state index contributed by atoms with van der Waals surface area (Å²) in [7, 11) is 4.65. The van der Waals surface area contributed by atoms with Crippen molar-refractivity contribution in [2.24, 2.45) is 0 Å². The molecule has 0 aliphatic heterocycles. The van der Waals surface area contributed by atoms with E-state index in [0.717, 1.165) is 16.8 Å². The van der Waals surface area contributed by atoms with E-state index in [9.17, 15) is 4.79 Å². The molecule has 0 fully saturated rings. The van der Waals surface area contributed by atoms with Crippen molar-refractivity contribution >= 4 is 23.3 Å². The lowest BCUT2D eigenvalue weighted by molar-refractivity contribution is -0.116. The van der Waals surface area contributed by atoms with E-state index in [1.807, 2.05) is 28.4 Å². The number of nitrogens with zero attached hydrogens (tertiary/aromatic N) is 2. The highest BCUT2D eigenvalue weighted by atomic mass is 32.1. The largest absolute Gasteiger partial charge is 0.493 e. The standard InChI is InChI=1S/C21H23N3O4S/c1-26-18-12-15(13-19(27-2)21(18)28-3)4-5-20(25)22-8-10-24-9-6-17(23-24)16-7-11-29-14-16/h4-7,9,11-14H,8,10H2,1-3H3,(H,22,25)/b5-4+. The van der Waals surface area contributed by atoms with Crippen molar-refractivity contribution < 1.29 is 19.0 Å². The third-order valence-electron chi connectivity index (χ3n) is 4.21. The zero-order valence-electron chi connectivity index (χ0n) is 16.5. The molecule has 1 aromatic carbocycles. The Kier molecular flexibility index (Phi) is 6.91. The van der Waals surface area contributed by atoms with Crippen LogP contribution in [0.25, 0.3) is 17.3 Å². The molecule has 8 heteroatoms. The zero-order valence-corrected chi connectivity index (χ0v) is 17.4. The van der Waals surface area contributed by atoms with Gasteiger partial charge in [-0.15, -0.1) is 0 Å². The van der Waals surface area contributed by atoms with Gasteiger partial charge in [0.05, 0.1) is 33.6 Å². The van der Waals surface area contributed by atoms with Gasteiger partial charge in [-0.3, -0.25) is 9.48 Å². The number of nitrogens with one attached hydrogen (secondary N) is 1. The molecule has 0 radical (unpaired) electrons. The minimum absolute atomic E-state index is 0.191. The van der Waals surface area contributed by atoms with E-state index in [1.54, 1.807) is 50.9 Å². The predicted octanol–water partition coefficient (Wildman–Crippen LogP) is 3.47. The Morgan fingerprint density at radius 1 is 1.17 bits per heavy atom. The number of hydrogen-bond donors (Lipinski definition) is 1. The van der Waals surface area contributed by atoms with E-state index in [-0.39, 0.29) is 5.91 Å². The molecular weight excluding hydrogens is 390 g/mol. The number of amides is 1. The molecular formula is C21H23N3O4S. The van der Waals surface area contributed by atoms with E-state index in [0.29, 0.717) is 30.3 Å². The lowest BCUT2D eigenvalue weighted by Crippen LogP contribution is -2.25. The molecule has 0 saturated heterocycles. The monoisotopic (exact) mass is 413 g/mol. The Hall–Kier alpha value is -3.26. The first kappa shape index (κ1) is 20.5. The molecule has 0 bridgehead atoms. The van der Waals surface area contributed by atoms with E-state index in [2.05, 4.69) is 15.8 Å². The molecule has 1 amide bonds. The molecule has 0 atom stereocenters. The zero-order chi connectivity index (χ0) is 20.6. The molecule has 0 aliphatic carbocycles. The number of ether oxygens (including phenoxy) is 3. The molecule has 0 spiro atoms. The maximum absolute atomic E-state index is 12.1. The first-order chi connectivity index (χ1) is 14.1. The van der Waals surface area contributed by atoms with Crippen LogP contribution in [-0.2, 0) is 11.3 Å². The van der Waals surface area contributed by atoms with E-state index in [1.165, 1.54) is 6.08 Å². The summed E-state index contributed by atoms with van der Waals surface area (Å²) in [6.07, 6.45) is 5.08. The van der Waals surface area contributed by atoms with Gasteiger partial charge < -0.3 is 19.5 Å². The van der Waals surface area contributed by atoms with Gasteiger partial charge in [-0.1, -0.05) is 0 Å². The predicted molar refractivity (Wildman–Crippen MR) is 114 cm³/mol. The third-order valence-corrected chi connectivity index (χ3v) is 4.90. The van der Waals surface area contributed by atoms with E-state index < -0.39 is 0 Å². The van der Waals surface area contributed by atoms with Crippen LogP contribution in [0.2, 0.25) is 0 Å². The van der Waals surface area contributed by atoms with Crippen molar-refractivity contribution in [2.45, 2.75) is 6.54 Å². The van der Waals surface area contributed by atoms with Crippen molar-refractivity contribution in [3.8, 4) is 28.5 Å². The van der Waals surface area contributed by atoms with E-state index >= 15 is 0 Å². The maximum atomic E-state index is 12.1. The molecule has 152 valence electrons. The first-order valence-electron chi connectivity index (χ1n) is 8.96. The van der Waals surface area contributed by atoms with Crippen molar-refractivity contribution in [3.05, 3.63) is 52.9 Å². The summed E-state index contributed by atoms with van der Waals surface area (Å²) in [6, 6.07) is 7.56. The van der Waals surface area contributed by atoms with E-state index in [4.69, 9.17) is 14.2 Å². The summed E-state index contributed by atoms with van der Waals surface area (Å²) < 4.78 is 17.8. The van der Waals surface area contributed by atoms with Crippen molar-refractivity contribution in [2.75, 3.05) is 27.9 Å². The number of rotatable bonds is 9. The first-order valence-corrected chi connectivity index (χ1v) is 9.91. The molecule has 2 heterocycles. The Labute approximate surface area is 173 Å².